The minimum atomic E-state index is 0.274. The molecule has 0 bridgehead atoms. The van der Waals surface area contributed by atoms with Crippen LogP contribution >= 0.6 is 0 Å². The van der Waals surface area contributed by atoms with Crippen molar-refractivity contribution in [1.29, 1.82) is 0 Å². The molecule has 0 saturated carbocycles. The van der Waals surface area contributed by atoms with E-state index in [9.17, 15) is 0 Å². The number of methoxy groups -OCH3 is 1. The standard InChI is InChI=1S/C10H22O.C9H9N3.C2H6/c1-7-9(2,3)10(4,5)8-11-6;1-6-2-3-8-7(4-6)5-9(10)12-11-8;1-2/h7-8H2,1-6H3;2-5H,1H3,(H2,10,12);1-2H3. The Bertz CT molecular complexity index is 599. The molecule has 0 saturated heterocycles. The van der Waals surface area contributed by atoms with Gasteiger partial charge in [-0.1, -0.05) is 66.5 Å². The largest absolute Gasteiger partial charge is 0.384 e. The van der Waals surface area contributed by atoms with Gasteiger partial charge in [0.25, 0.3) is 0 Å². The van der Waals surface area contributed by atoms with Crippen molar-refractivity contribution in [3.05, 3.63) is 29.8 Å². The van der Waals surface area contributed by atoms with E-state index < -0.39 is 0 Å². The first kappa shape index (κ1) is 23.3. The summed E-state index contributed by atoms with van der Waals surface area (Å²) in [5.74, 6) is 0.466. The zero-order valence-corrected chi connectivity index (χ0v) is 17.6. The van der Waals surface area contributed by atoms with Crippen molar-refractivity contribution >= 4 is 16.7 Å². The van der Waals surface area contributed by atoms with Gasteiger partial charge >= 0.3 is 0 Å². The number of hydrogen-bond acceptors (Lipinski definition) is 4. The van der Waals surface area contributed by atoms with Crippen LogP contribution in [-0.2, 0) is 4.74 Å². The number of nitrogen functional groups attached to an aromatic ring is 1. The lowest BCUT2D eigenvalue weighted by molar-refractivity contribution is 0.0104. The lowest BCUT2D eigenvalue weighted by atomic mass is 9.67. The number of anilines is 1. The normalized spacial score (nSPS) is 11.2. The van der Waals surface area contributed by atoms with E-state index in [0.717, 1.165) is 17.5 Å². The Hall–Kier alpha value is -1.68. The van der Waals surface area contributed by atoms with Gasteiger partial charge in [0.1, 0.15) is 5.82 Å². The Morgan fingerprint density at radius 3 is 2.12 bits per heavy atom. The topological polar surface area (TPSA) is 61.0 Å². The van der Waals surface area contributed by atoms with Gasteiger partial charge in [0, 0.05) is 12.5 Å². The van der Waals surface area contributed by atoms with Crippen LogP contribution < -0.4 is 5.73 Å². The van der Waals surface area contributed by atoms with Crippen molar-refractivity contribution in [2.45, 2.75) is 61.8 Å². The molecule has 4 heteroatoms. The van der Waals surface area contributed by atoms with Gasteiger partial charge in [0.15, 0.2) is 0 Å². The highest BCUT2D eigenvalue weighted by molar-refractivity contribution is 5.80. The Morgan fingerprint density at radius 2 is 1.60 bits per heavy atom. The molecule has 1 heterocycles. The van der Waals surface area contributed by atoms with Crippen LogP contribution in [0.15, 0.2) is 24.3 Å². The van der Waals surface area contributed by atoms with Crippen molar-refractivity contribution in [3.8, 4) is 0 Å². The van der Waals surface area contributed by atoms with Crippen molar-refractivity contribution < 1.29 is 4.74 Å². The molecule has 142 valence electrons. The molecule has 0 atom stereocenters. The van der Waals surface area contributed by atoms with Crippen LogP contribution in [0.2, 0.25) is 0 Å². The van der Waals surface area contributed by atoms with Crippen molar-refractivity contribution in [3.63, 3.8) is 0 Å². The molecule has 0 aliphatic heterocycles. The fourth-order valence-electron chi connectivity index (χ4n) is 2.22. The van der Waals surface area contributed by atoms with E-state index in [1.807, 2.05) is 45.0 Å². The Kier molecular flexibility index (Phi) is 9.65. The number of hydrogen-bond donors (Lipinski definition) is 1. The zero-order chi connectivity index (χ0) is 19.7. The first-order valence-electron chi connectivity index (χ1n) is 9.11. The minimum Gasteiger partial charge on any atom is -0.384 e. The summed E-state index contributed by atoms with van der Waals surface area (Å²) in [6.07, 6.45) is 1.20. The Morgan fingerprint density at radius 1 is 1.00 bits per heavy atom. The summed E-state index contributed by atoms with van der Waals surface area (Å²) in [7, 11) is 1.77. The van der Waals surface area contributed by atoms with E-state index in [1.165, 1.54) is 12.0 Å². The van der Waals surface area contributed by atoms with Gasteiger partial charge in [-0.2, -0.15) is 0 Å². The molecule has 0 aliphatic rings. The first-order chi connectivity index (χ1) is 11.6. The van der Waals surface area contributed by atoms with E-state index in [1.54, 1.807) is 7.11 Å². The van der Waals surface area contributed by atoms with Gasteiger partial charge in [-0.3, -0.25) is 0 Å². The second-order valence-electron chi connectivity index (χ2n) is 7.39. The number of rotatable bonds is 4. The van der Waals surface area contributed by atoms with Gasteiger partial charge in [0.2, 0.25) is 0 Å². The predicted molar refractivity (Wildman–Crippen MR) is 110 cm³/mol. The predicted octanol–water partition coefficient (Wildman–Crippen LogP) is 5.64. The van der Waals surface area contributed by atoms with Crippen LogP contribution in [0.1, 0.15) is 60.5 Å². The monoisotopic (exact) mass is 347 g/mol. The molecule has 0 unspecified atom stereocenters. The Balaban J connectivity index is 0.000000422. The summed E-state index contributed by atoms with van der Waals surface area (Å²) >= 11 is 0. The maximum absolute atomic E-state index is 5.50. The van der Waals surface area contributed by atoms with E-state index >= 15 is 0 Å². The number of ether oxygens (including phenoxy) is 1. The third-order valence-electron chi connectivity index (χ3n) is 4.98. The summed E-state index contributed by atoms with van der Waals surface area (Å²) in [6.45, 7) is 18.2. The number of aromatic nitrogens is 2. The number of benzene rings is 1. The van der Waals surface area contributed by atoms with Crippen LogP contribution in [0.3, 0.4) is 0 Å². The van der Waals surface area contributed by atoms with Crippen LogP contribution in [0.4, 0.5) is 5.82 Å². The number of fused-ring (bicyclic) bond motifs is 1. The molecule has 0 aliphatic carbocycles. The average molecular weight is 348 g/mol. The zero-order valence-electron chi connectivity index (χ0n) is 17.6. The molecule has 2 aromatic rings. The lowest BCUT2D eigenvalue weighted by Crippen LogP contribution is -2.35. The van der Waals surface area contributed by atoms with Crippen molar-refractivity contribution in [1.82, 2.24) is 10.2 Å². The van der Waals surface area contributed by atoms with Crippen LogP contribution in [-0.4, -0.2) is 23.9 Å². The van der Waals surface area contributed by atoms with Gasteiger partial charge in [0.05, 0.1) is 12.1 Å². The highest BCUT2D eigenvalue weighted by atomic mass is 16.5. The third kappa shape index (κ3) is 6.99. The molecule has 0 radical (unpaired) electrons. The number of nitrogens with two attached hydrogens (primary N) is 1. The fraction of sp³-hybridized carbons (Fsp3) is 0.619. The molecule has 2 rings (SSSR count). The third-order valence-corrected chi connectivity index (χ3v) is 4.98. The second-order valence-corrected chi connectivity index (χ2v) is 7.39. The summed E-state index contributed by atoms with van der Waals surface area (Å²) in [6, 6.07) is 7.82. The quantitative estimate of drug-likeness (QED) is 0.777. The Labute approximate surface area is 154 Å². The van der Waals surface area contributed by atoms with Crippen LogP contribution in [0, 0.1) is 17.8 Å². The first-order valence-corrected chi connectivity index (χ1v) is 9.11. The summed E-state index contributed by atoms with van der Waals surface area (Å²) in [5.41, 5.74) is 8.23. The smallest absolute Gasteiger partial charge is 0.146 e. The van der Waals surface area contributed by atoms with Crippen LogP contribution in [0.5, 0.6) is 0 Å². The molecule has 0 spiro atoms. The molecular formula is C21H37N3O. The van der Waals surface area contributed by atoms with Crippen molar-refractivity contribution in [2.75, 3.05) is 19.5 Å². The van der Waals surface area contributed by atoms with E-state index in [-0.39, 0.29) is 5.41 Å². The molecule has 2 N–H and O–H groups in total. The van der Waals surface area contributed by atoms with Gasteiger partial charge in [-0.15, -0.1) is 10.2 Å². The van der Waals surface area contributed by atoms with E-state index in [4.69, 9.17) is 10.5 Å². The fourth-order valence-corrected chi connectivity index (χ4v) is 2.22. The number of nitrogens with zero attached hydrogens (tertiary/aromatic N) is 2. The average Bonchev–Trinajstić information content (AvgIpc) is 2.56. The highest BCUT2D eigenvalue weighted by Gasteiger charge is 2.35. The molecule has 4 nitrogen and oxygen atoms in total. The highest BCUT2D eigenvalue weighted by Crippen LogP contribution is 2.40. The van der Waals surface area contributed by atoms with E-state index in [2.05, 4.69) is 44.8 Å². The van der Waals surface area contributed by atoms with Gasteiger partial charge in [-0.25, -0.2) is 0 Å². The lowest BCUT2D eigenvalue weighted by Gasteiger charge is -2.40. The maximum Gasteiger partial charge on any atom is 0.146 e. The van der Waals surface area contributed by atoms with Crippen LogP contribution in [0.25, 0.3) is 10.9 Å². The molecule has 0 amide bonds. The molecule has 25 heavy (non-hydrogen) atoms. The minimum absolute atomic E-state index is 0.274. The second kappa shape index (κ2) is 10.3. The molecule has 1 aromatic heterocycles. The molecule has 0 fully saturated rings. The van der Waals surface area contributed by atoms with Crippen molar-refractivity contribution in [2.24, 2.45) is 10.8 Å². The van der Waals surface area contributed by atoms with E-state index in [0.29, 0.717) is 11.2 Å². The number of aryl methyl sites for hydroxylation is 1. The summed E-state index contributed by atoms with van der Waals surface area (Å²) in [5, 5.41) is 8.76. The summed E-state index contributed by atoms with van der Waals surface area (Å²) < 4.78 is 5.19. The maximum atomic E-state index is 5.50. The summed E-state index contributed by atoms with van der Waals surface area (Å²) in [4.78, 5) is 0. The SMILES string of the molecule is CC.CCC(C)(C)C(C)(C)COC.Cc1ccc2nnc(N)cc2c1. The van der Waals surface area contributed by atoms with Gasteiger partial charge < -0.3 is 10.5 Å². The van der Waals surface area contributed by atoms with Gasteiger partial charge in [-0.05, 0) is 36.0 Å². The molecule has 1 aromatic carbocycles. The molecular weight excluding hydrogens is 310 g/mol.